The SMILES string of the molecule is Cc1ccc(Cl)cc1NC(=O)C(C)Sc1ccc(S(=O)(=O)N(C)C2CCCCC2)cn1. The topological polar surface area (TPSA) is 79.4 Å². The highest BCUT2D eigenvalue weighted by Gasteiger charge is 2.29. The van der Waals surface area contributed by atoms with Crippen molar-refractivity contribution in [2.24, 2.45) is 0 Å². The first kappa shape index (κ1) is 24.0. The molecule has 0 aliphatic heterocycles. The summed E-state index contributed by atoms with van der Waals surface area (Å²) in [4.78, 5) is 17.0. The molecule has 0 saturated heterocycles. The number of thioether (sulfide) groups is 1. The molecule has 1 amide bonds. The number of halogens is 1. The predicted molar refractivity (Wildman–Crippen MR) is 126 cm³/mol. The second-order valence-electron chi connectivity index (χ2n) is 7.85. The van der Waals surface area contributed by atoms with Crippen LogP contribution < -0.4 is 5.32 Å². The number of hydrogen-bond donors (Lipinski definition) is 1. The Morgan fingerprint density at radius 3 is 2.58 bits per heavy atom. The summed E-state index contributed by atoms with van der Waals surface area (Å²) in [5.74, 6) is -0.175. The van der Waals surface area contributed by atoms with Gasteiger partial charge in [-0.3, -0.25) is 4.79 Å². The van der Waals surface area contributed by atoms with E-state index in [1.54, 1.807) is 38.2 Å². The van der Waals surface area contributed by atoms with Crippen molar-refractivity contribution in [3.05, 3.63) is 47.1 Å². The Morgan fingerprint density at radius 2 is 1.94 bits per heavy atom. The molecular formula is C22H28ClN3O3S2. The number of anilines is 1. The minimum absolute atomic E-state index is 0.0477. The molecule has 1 saturated carbocycles. The number of benzene rings is 1. The molecule has 31 heavy (non-hydrogen) atoms. The lowest BCUT2D eigenvalue weighted by Gasteiger charge is -2.30. The van der Waals surface area contributed by atoms with Crippen molar-refractivity contribution in [3.8, 4) is 0 Å². The number of carbonyl (C=O) groups excluding carboxylic acids is 1. The van der Waals surface area contributed by atoms with Crippen molar-refractivity contribution in [2.75, 3.05) is 12.4 Å². The molecule has 2 aromatic rings. The lowest BCUT2D eigenvalue weighted by Crippen LogP contribution is -2.38. The Hall–Kier alpha value is -1.61. The van der Waals surface area contributed by atoms with Crippen molar-refractivity contribution in [3.63, 3.8) is 0 Å². The van der Waals surface area contributed by atoms with Crippen molar-refractivity contribution < 1.29 is 13.2 Å². The Labute approximate surface area is 193 Å². The number of amides is 1. The summed E-state index contributed by atoms with van der Waals surface area (Å²) in [6.07, 6.45) is 6.47. The van der Waals surface area contributed by atoms with Crippen LogP contribution in [-0.2, 0) is 14.8 Å². The number of aromatic nitrogens is 1. The van der Waals surface area contributed by atoms with Crippen molar-refractivity contribution >= 4 is 45.0 Å². The van der Waals surface area contributed by atoms with Crippen molar-refractivity contribution in [1.82, 2.24) is 9.29 Å². The maximum absolute atomic E-state index is 12.9. The van der Waals surface area contributed by atoms with Crippen LogP contribution in [-0.4, -0.2) is 42.0 Å². The lowest BCUT2D eigenvalue weighted by molar-refractivity contribution is -0.115. The van der Waals surface area contributed by atoms with Crippen LogP contribution in [0.5, 0.6) is 0 Å². The molecule has 1 N–H and O–H groups in total. The van der Waals surface area contributed by atoms with Crippen LogP contribution in [0.3, 0.4) is 0 Å². The number of carbonyl (C=O) groups is 1. The molecule has 1 aliphatic rings. The first-order valence-corrected chi connectivity index (χ1v) is 13.1. The summed E-state index contributed by atoms with van der Waals surface area (Å²) in [6, 6.07) is 8.60. The van der Waals surface area contributed by atoms with E-state index in [1.807, 2.05) is 13.0 Å². The van der Waals surface area contributed by atoms with E-state index in [1.165, 1.54) is 28.7 Å². The van der Waals surface area contributed by atoms with Gasteiger partial charge < -0.3 is 5.32 Å². The zero-order valence-corrected chi connectivity index (χ0v) is 20.4. The molecule has 1 aromatic carbocycles. The number of nitrogens with one attached hydrogen (secondary N) is 1. The van der Waals surface area contributed by atoms with E-state index in [0.717, 1.165) is 31.2 Å². The monoisotopic (exact) mass is 481 g/mol. The standard InChI is InChI=1S/C22H28ClN3O3S2/c1-15-9-10-17(23)13-20(15)25-22(27)16(2)30-21-12-11-19(14-24-21)31(28,29)26(3)18-7-5-4-6-8-18/h9-14,16,18H,4-8H2,1-3H3,(H,25,27). The van der Waals surface area contributed by atoms with E-state index >= 15 is 0 Å². The average Bonchev–Trinajstić information content (AvgIpc) is 2.76. The fraction of sp³-hybridized carbons (Fsp3) is 0.455. The molecule has 1 unspecified atom stereocenters. The molecular weight excluding hydrogens is 454 g/mol. The summed E-state index contributed by atoms with van der Waals surface area (Å²) in [7, 11) is -1.93. The van der Waals surface area contributed by atoms with E-state index in [2.05, 4.69) is 10.3 Å². The Kier molecular flexibility index (Phi) is 8.02. The van der Waals surface area contributed by atoms with Gasteiger partial charge in [-0.05, 0) is 56.5 Å². The largest absolute Gasteiger partial charge is 0.325 e. The van der Waals surface area contributed by atoms with Crippen LogP contribution in [0.1, 0.15) is 44.6 Å². The molecule has 1 fully saturated rings. The van der Waals surface area contributed by atoms with Gasteiger partial charge in [-0.25, -0.2) is 13.4 Å². The van der Waals surface area contributed by atoms with Crippen molar-refractivity contribution in [1.29, 1.82) is 0 Å². The molecule has 1 aromatic heterocycles. The number of aryl methyl sites for hydroxylation is 1. The summed E-state index contributed by atoms with van der Waals surface area (Å²) >= 11 is 7.29. The summed E-state index contributed by atoms with van der Waals surface area (Å²) in [5.41, 5.74) is 1.59. The second-order valence-corrected chi connectivity index (χ2v) is 11.6. The van der Waals surface area contributed by atoms with Crippen LogP contribution in [0.15, 0.2) is 46.5 Å². The summed E-state index contributed by atoms with van der Waals surface area (Å²) in [5, 5.41) is 3.61. The van der Waals surface area contributed by atoms with E-state index in [-0.39, 0.29) is 16.8 Å². The molecule has 0 bridgehead atoms. The van der Waals surface area contributed by atoms with Crippen molar-refractivity contribution in [2.45, 2.75) is 67.2 Å². The number of nitrogens with zero attached hydrogens (tertiary/aromatic N) is 2. The van der Waals surface area contributed by atoms with Gasteiger partial charge in [0, 0.05) is 30.0 Å². The highest BCUT2D eigenvalue weighted by Crippen LogP contribution is 2.28. The van der Waals surface area contributed by atoms with Crippen LogP contribution in [0, 0.1) is 6.92 Å². The highest BCUT2D eigenvalue weighted by molar-refractivity contribution is 8.00. The Balaban J connectivity index is 1.64. The number of pyridine rings is 1. The molecule has 0 radical (unpaired) electrons. The van der Waals surface area contributed by atoms with Gasteiger partial charge in [-0.15, -0.1) is 0 Å². The minimum atomic E-state index is -3.58. The second kappa shape index (κ2) is 10.3. The molecule has 1 heterocycles. The average molecular weight is 482 g/mol. The van der Waals surface area contributed by atoms with E-state index in [0.29, 0.717) is 15.7 Å². The molecule has 0 spiro atoms. The van der Waals surface area contributed by atoms with Gasteiger partial charge >= 0.3 is 0 Å². The predicted octanol–water partition coefficient (Wildman–Crippen LogP) is 5.12. The highest BCUT2D eigenvalue weighted by atomic mass is 35.5. The third kappa shape index (κ3) is 6.00. The maximum atomic E-state index is 12.9. The number of hydrogen-bond acceptors (Lipinski definition) is 5. The Morgan fingerprint density at radius 1 is 1.23 bits per heavy atom. The Bertz CT molecular complexity index is 1020. The quantitative estimate of drug-likeness (QED) is 0.555. The molecule has 1 atom stereocenters. The molecule has 9 heteroatoms. The number of sulfonamides is 1. The van der Waals surface area contributed by atoms with Crippen LogP contribution in [0.2, 0.25) is 5.02 Å². The first-order valence-electron chi connectivity index (χ1n) is 10.4. The van der Waals surface area contributed by atoms with Gasteiger partial charge in [0.25, 0.3) is 0 Å². The van der Waals surface area contributed by atoms with Gasteiger partial charge in [-0.1, -0.05) is 48.7 Å². The van der Waals surface area contributed by atoms with E-state index < -0.39 is 15.3 Å². The van der Waals surface area contributed by atoms with Gasteiger partial charge in [-0.2, -0.15) is 4.31 Å². The smallest absolute Gasteiger partial charge is 0.244 e. The lowest BCUT2D eigenvalue weighted by atomic mass is 9.96. The molecule has 6 nitrogen and oxygen atoms in total. The minimum Gasteiger partial charge on any atom is -0.325 e. The molecule has 1 aliphatic carbocycles. The van der Waals surface area contributed by atoms with Gasteiger partial charge in [0.2, 0.25) is 15.9 Å². The molecule has 168 valence electrons. The zero-order valence-electron chi connectivity index (χ0n) is 18.0. The normalized spacial score (nSPS) is 16.3. The van der Waals surface area contributed by atoms with Gasteiger partial charge in [0.05, 0.1) is 10.3 Å². The van der Waals surface area contributed by atoms with Crippen LogP contribution >= 0.6 is 23.4 Å². The van der Waals surface area contributed by atoms with Crippen LogP contribution in [0.25, 0.3) is 0 Å². The van der Waals surface area contributed by atoms with Gasteiger partial charge in [0.1, 0.15) is 4.90 Å². The van der Waals surface area contributed by atoms with E-state index in [4.69, 9.17) is 11.6 Å². The van der Waals surface area contributed by atoms with Gasteiger partial charge in [0.15, 0.2) is 0 Å². The summed E-state index contributed by atoms with van der Waals surface area (Å²) < 4.78 is 27.4. The maximum Gasteiger partial charge on any atom is 0.244 e. The third-order valence-electron chi connectivity index (χ3n) is 5.60. The van der Waals surface area contributed by atoms with Crippen LogP contribution in [0.4, 0.5) is 5.69 Å². The van der Waals surface area contributed by atoms with E-state index in [9.17, 15) is 13.2 Å². The summed E-state index contributed by atoms with van der Waals surface area (Å²) in [6.45, 7) is 3.68. The number of rotatable bonds is 7. The third-order valence-corrected chi connectivity index (χ3v) is 8.78. The fourth-order valence-electron chi connectivity index (χ4n) is 3.59. The first-order chi connectivity index (χ1) is 14.7. The molecule has 3 rings (SSSR count). The zero-order chi connectivity index (χ0) is 22.6. The fourth-order valence-corrected chi connectivity index (χ4v) is 5.92.